The maximum atomic E-state index is 17.5. The zero-order valence-corrected chi connectivity index (χ0v) is 35.9. The van der Waals surface area contributed by atoms with Crippen LogP contribution in [0, 0.1) is 36.3 Å². The minimum Gasteiger partial charge on any atom is -0.497 e. The van der Waals surface area contributed by atoms with Gasteiger partial charge in [-0.1, -0.05) is 35.9 Å². The Hall–Kier alpha value is -6.22. The van der Waals surface area contributed by atoms with E-state index in [2.05, 4.69) is 9.97 Å². The number of rotatable bonds is 10. The second-order valence-electron chi connectivity index (χ2n) is 16.0. The monoisotopic (exact) mass is 874 g/mol. The molecule has 7 rings (SSSR count). The molecule has 1 atom stereocenters. The Morgan fingerprint density at radius 3 is 1.98 bits per heavy atom. The number of carbonyl (C=O) groups is 1. The molecule has 0 saturated carbocycles. The minimum atomic E-state index is -1.73. The van der Waals surface area contributed by atoms with Gasteiger partial charge in [0.05, 0.1) is 30.5 Å². The molecule has 1 aliphatic rings. The first-order valence-electron chi connectivity index (χ1n) is 19.7. The third-order valence-corrected chi connectivity index (χ3v) is 10.8. The standard InChI is InChI=1S/C46H44ClF5N6O4/c1-25-20-35(57(23-27-8-12-29(60-6)13-9-27)24-28-10-14-30(61-7)15-11-28)53-42(36(25)31-16-17-34(48)39(50)38(31)49)37-33(47)21-32-41(40(37)51)54-44(52)55-43(32)58-19-18-56(22-26(58)2)45(59)62-46(3,4)5/h8-17,20-21,26H,18-19,22-24H2,1-7H3/t26-/m0/s1. The summed E-state index contributed by atoms with van der Waals surface area (Å²) in [6.45, 7) is 9.82. The minimum absolute atomic E-state index is 0.0334. The van der Waals surface area contributed by atoms with Crippen LogP contribution >= 0.6 is 11.6 Å². The molecule has 0 aliphatic carbocycles. The lowest BCUT2D eigenvalue weighted by Crippen LogP contribution is -2.55. The summed E-state index contributed by atoms with van der Waals surface area (Å²) in [5.41, 5.74) is -0.264. The Morgan fingerprint density at radius 2 is 1.42 bits per heavy atom. The number of halogens is 6. The Bertz CT molecular complexity index is 2600. The second kappa shape index (κ2) is 17.6. The first-order valence-corrected chi connectivity index (χ1v) is 20.1. The quantitative estimate of drug-likeness (QED) is 0.0758. The maximum absolute atomic E-state index is 17.5. The van der Waals surface area contributed by atoms with Gasteiger partial charge in [-0.05, 0) is 99.8 Å². The van der Waals surface area contributed by atoms with E-state index >= 15 is 13.2 Å². The molecule has 16 heteroatoms. The molecule has 2 aromatic heterocycles. The highest BCUT2D eigenvalue weighted by atomic mass is 35.5. The molecule has 4 aromatic carbocycles. The predicted octanol–water partition coefficient (Wildman–Crippen LogP) is 10.7. The van der Waals surface area contributed by atoms with Gasteiger partial charge in [-0.3, -0.25) is 0 Å². The molecular formula is C46H44ClF5N6O4. The number of aromatic nitrogens is 3. The fourth-order valence-corrected chi connectivity index (χ4v) is 7.81. The molecule has 0 radical (unpaired) electrons. The van der Waals surface area contributed by atoms with Crippen LogP contribution in [0.15, 0.2) is 72.8 Å². The van der Waals surface area contributed by atoms with Crippen molar-refractivity contribution >= 4 is 40.2 Å². The summed E-state index contributed by atoms with van der Waals surface area (Å²) in [5.74, 6) is -4.17. The zero-order valence-electron chi connectivity index (χ0n) is 35.1. The molecule has 0 N–H and O–H groups in total. The van der Waals surface area contributed by atoms with Gasteiger partial charge in [0.15, 0.2) is 23.3 Å². The molecule has 0 unspecified atom stereocenters. The third-order valence-electron chi connectivity index (χ3n) is 10.5. The number of methoxy groups -OCH3 is 2. The summed E-state index contributed by atoms with van der Waals surface area (Å²) in [5, 5.41) is -0.166. The van der Waals surface area contributed by atoms with E-state index in [-0.39, 0.29) is 71.6 Å². The third kappa shape index (κ3) is 9.03. The van der Waals surface area contributed by atoms with Crippen molar-refractivity contribution in [2.45, 2.75) is 59.4 Å². The van der Waals surface area contributed by atoms with Crippen molar-refractivity contribution in [3.63, 3.8) is 0 Å². The van der Waals surface area contributed by atoms with E-state index in [4.69, 9.17) is 30.8 Å². The lowest BCUT2D eigenvalue weighted by molar-refractivity contribution is 0.0218. The van der Waals surface area contributed by atoms with Crippen LogP contribution in [-0.4, -0.2) is 71.4 Å². The van der Waals surface area contributed by atoms with Crippen LogP contribution < -0.4 is 19.3 Å². The Labute approximate surface area is 360 Å². The van der Waals surface area contributed by atoms with Crippen LogP contribution in [0.3, 0.4) is 0 Å². The Morgan fingerprint density at radius 1 is 0.806 bits per heavy atom. The van der Waals surface area contributed by atoms with E-state index in [9.17, 15) is 13.6 Å². The Kier molecular flexibility index (Phi) is 12.5. The van der Waals surface area contributed by atoms with Crippen LogP contribution in [0.4, 0.5) is 38.4 Å². The smallest absolute Gasteiger partial charge is 0.410 e. The van der Waals surface area contributed by atoms with E-state index in [0.717, 1.165) is 23.3 Å². The molecule has 0 spiro atoms. The van der Waals surface area contributed by atoms with E-state index in [1.54, 1.807) is 84.1 Å². The topological polar surface area (TPSA) is 93.2 Å². The number of piperazine rings is 1. The fraction of sp³-hybridized carbons (Fsp3) is 0.304. The Balaban J connectivity index is 1.40. The summed E-state index contributed by atoms with van der Waals surface area (Å²) in [7, 11) is 3.12. The number of nitrogens with zero attached hydrogens (tertiary/aromatic N) is 6. The van der Waals surface area contributed by atoms with E-state index in [1.807, 2.05) is 29.2 Å². The first-order chi connectivity index (χ1) is 29.5. The number of aryl methyl sites for hydroxylation is 1. The molecule has 324 valence electrons. The van der Waals surface area contributed by atoms with Gasteiger partial charge in [-0.15, -0.1) is 0 Å². The number of carbonyl (C=O) groups excluding carboxylic acids is 1. The second-order valence-corrected chi connectivity index (χ2v) is 16.4. The molecule has 10 nitrogen and oxygen atoms in total. The molecular weight excluding hydrogens is 831 g/mol. The van der Waals surface area contributed by atoms with Gasteiger partial charge < -0.3 is 28.9 Å². The van der Waals surface area contributed by atoms with Crippen LogP contribution in [-0.2, 0) is 17.8 Å². The molecule has 62 heavy (non-hydrogen) atoms. The lowest BCUT2D eigenvalue weighted by atomic mass is 9.93. The molecule has 1 saturated heterocycles. The zero-order chi connectivity index (χ0) is 44.6. The van der Waals surface area contributed by atoms with E-state index < -0.39 is 58.2 Å². The summed E-state index contributed by atoms with van der Waals surface area (Å²) < 4.78 is 94.4. The number of anilines is 2. The van der Waals surface area contributed by atoms with E-state index in [0.29, 0.717) is 17.1 Å². The highest BCUT2D eigenvalue weighted by Crippen LogP contribution is 2.44. The van der Waals surface area contributed by atoms with Gasteiger partial charge in [0.25, 0.3) is 0 Å². The number of ether oxygens (including phenoxy) is 3. The van der Waals surface area contributed by atoms with E-state index in [1.165, 1.54) is 11.0 Å². The fourth-order valence-electron chi connectivity index (χ4n) is 7.53. The average Bonchev–Trinajstić information content (AvgIpc) is 3.23. The summed E-state index contributed by atoms with van der Waals surface area (Å²) >= 11 is 7.03. The summed E-state index contributed by atoms with van der Waals surface area (Å²) in [6.07, 6.45) is -1.75. The van der Waals surface area contributed by atoms with Crippen LogP contribution in [0.25, 0.3) is 33.3 Å². The molecule has 6 aromatic rings. The first kappa shape index (κ1) is 43.9. The van der Waals surface area contributed by atoms with Gasteiger partial charge in [0.2, 0.25) is 0 Å². The molecule has 1 aliphatic heterocycles. The lowest BCUT2D eigenvalue weighted by Gasteiger charge is -2.41. The largest absolute Gasteiger partial charge is 0.497 e. The summed E-state index contributed by atoms with van der Waals surface area (Å²) in [4.78, 5) is 30.9. The van der Waals surface area contributed by atoms with Crippen molar-refractivity contribution < 1.29 is 41.0 Å². The number of fused-ring (bicyclic) bond motifs is 1. The van der Waals surface area contributed by atoms with Gasteiger partial charge >= 0.3 is 12.2 Å². The normalized spacial score (nSPS) is 14.3. The molecule has 1 fully saturated rings. The highest BCUT2D eigenvalue weighted by molar-refractivity contribution is 6.34. The molecule has 1 amide bonds. The van der Waals surface area contributed by atoms with Crippen LogP contribution in [0.1, 0.15) is 44.4 Å². The SMILES string of the molecule is COc1ccc(CN(Cc2ccc(OC)cc2)c2cc(C)c(-c3ccc(F)c(F)c3F)c(-c3c(Cl)cc4c(N5CCN(C(=O)OC(C)(C)C)C[C@@H]5C)nc(F)nc4c3F)n2)cc1. The van der Waals surface area contributed by atoms with Gasteiger partial charge in [-0.25, -0.2) is 27.3 Å². The maximum Gasteiger partial charge on any atom is 0.410 e. The van der Waals surface area contributed by atoms with Crippen molar-refractivity contribution in [1.82, 2.24) is 19.9 Å². The van der Waals surface area contributed by atoms with Crippen molar-refractivity contribution in [1.29, 1.82) is 0 Å². The van der Waals surface area contributed by atoms with Crippen molar-refractivity contribution in [2.24, 2.45) is 0 Å². The van der Waals surface area contributed by atoms with Gasteiger partial charge in [-0.2, -0.15) is 14.4 Å². The highest BCUT2D eigenvalue weighted by Gasteiger charge is 2.34. The van der Waals surface area contributed by atoms with Crippen LogP contribution in [0.2, 0.25) is 5.02 Å². The number of pyridine rings is 1. The van der Waals surface area contributed by atoms with Gasteiger partial charge in [0.1, 0.15) is 34.3 Å². The number of amides is 1. The predicted molar refractivity (Wildman–Crippen MR) is 228 cm³/mol. The number of benzene rings is 4. The average molecular weight is 875 g/mol. The van der Waals surface area contributed by atoms with Crippen molar-refractivity contribution in [3.8, 4) is 33.9 Å². The number of hydrogen-bond donors (Lipinski definition) is 0. The summed E-state index contributed by atoms with van der Waals surface area (Å²) in [6, 6.07) is 19.1. The number of hydrogen-bond acceptors (Lipinski definition) is 9. The van der Waals surface area contributed by atoms with Crippen molar-refractivity contribution in [3.05, 3.63) is 124 Å². The van der Waals surface area contributed by atoms with Crippen molar-refractivity contribution in [2.75, 3.05) is 43.7 Å². The molecule has 0 bridgehead atoms. The van der Waals surface area contributed by atoms with Gasteiger partial charge in [0, 0.05) is 55.3 Å². The molecule has 3 heterocycles. The van der Waals surface area contributed by atoms with Crippen LogP contribution in [0.5, 0.6) is 11.5 Å².